The Hall–Kier alpha value is -12.1. The maximum absolute atomic E-state index is 12.1. The average Bonchev–Trinajstić information content (AvgIpc) is 1.63. The lowest BCUT2D eigenvalue weighted by atomic mass is 9.90. The standard InChI is InChI=1S/C18H25N5O3.C17H23N5O2.C15H21NO3S.C13H19NO3S.C12H18N4O3.C12H25NO.C11H16O3/c1-18(2,3)10-12-8-15(24)22-17(21-12)23-16(19)20-11-6-13(25-4)9-14(7-11)26-5;1-17(2,3)10-12-9-14(23)21-16(20-12)22-15(18)19-11-5-7-13(24-4)8-6-11;1-15(2,3)8-11(17)16-13-12(14(18)19-4)9-6-5-7-10(9)20-13;1-8-6-9(12(16)17-5)11(18-8)14-10(15)7-13(2,3)4;1-12(2,3)10(13)16-11-14-7(5-8(17)15-11)6-9(18)19-4;1-12(2,3)6-10-14-11-9-13-7-4-5-8-13;1-11(2,3)7-8-5-6-9(14-8)10(12)13-4/h6-9H,10H2,1-5H3,(H4,19,20,21,22,23,24);5-9H,10H2,1-4H3,(H4,18,19,20,21,22,23);5-8H2,1-4H3,(H,16,17);6H,7H2,1-5H3,(H,14,15);5H,6H2,1-4H3,(H3,13,14,15,16,17);4-11H2,1-3H3;5-6H,7H2,1-4H3. The SMILES string of the molecule is CC(C)(C)CCOCCN1CCCC1.COC(=O)Cc1cc(=O)[nH]c(N=C(N)C(C)(C)C)n1.COC(=O)c1c(NC(=O)CC(C)(C)C)sc2c1CCC2.COC(=O)c1cc(C)sc1NC(=O)CC(C)(C)C.COC(=O)c1ccc(CC(C)(C)C)o1.COc1cc(NC(N)=Nc2nc(CC(C)(C)C)cc(=O)[nH]2)cc(OC)c1.COc1ccc(NC(N)=Nc2nc(CC(C)(C)C)cc(=O)[nH]2)cc1. The van der Waals surface area contributed by atoms with Crippen LogP contribution < -0.4 is 69.4 Å². The molecule has 0 atom stereocenters. The van der Waals surface area contributed by atoms with Crippen molar-refractivity contribution >= 4 is 115 Å². The third kappa shape index (κ3) is 46.6. The van der Waals surface area contributed by atoms with Crippen LogP contribution in [0.1, 0.15) is 253 Å². The number of hydrogen-bond acceptors (Lipinski definition) is 27. The predicted octanol–water partition coefficient (Wildman–Crippen LogP) is 17.2. The summed E-state index contributed by atoms with van der Waals surface area (Å²) in [6, 6.07) is 21.8. The monoisotopic (exact) mass is 1910 g/mol. The van der Waals surface area contributed by atoms with Gasteiger partial charge in [0.2, 0.25) is 47.3 Å². The maximum Gasteiger partial charge on any atom is 0.373 e. The molecule has 0 bridgehead atoms. The number of amidine groups is 1. The van der Waals surface area contributed by atoms with E-state index < -0.39 is 23.5 Å². The third-order valence-electron chi connectivity index (χ3n) is 18.7. The molecule has 1 fully saturated rings. The first-order valence-electron chi connectivity index (χ1n) is 44.5. The summed E-state index contributed by atoms with van der Waals surface area (Å²) in [6.45, 7) is 50.7. The van der Waals surface area contributed by atoms with E-state index >= 15 is 0 Å². The highest BCUT2D eigenvalue weighted by atomic mass is 32.1. The number of aryl methyl sites for hydroxylation is 2. The number of nitrogens with zero attached hydrogens (tertiary/aromatic N) is 7. The van der Waals surface area contributed by atoms with E-state index in [1.165, 1.54) is 100 Å². The van der Waals surface area contributed by atoms with Crippen LogP contribution in [0.2, 0.25) is 0 Å². The highest BCUT2D eigenvalue weighted by molar-refractivity contribution is 7.17. The largest absolute Gasteiger partial charge is 0.497 e. The van der Waals surface area contributed by atoms with E-state index in [0.29, 0.717) is 86.6 Å². The van der Waals surface area contributed by atoms with Crippen LogP contribution in [0.5, 0.6) is 17.2 Å². The Labute approximate surface area is 802 Å². The van der Waals surface area contributed by atoms with Crippen molar-refractivity contribution < 1.29 is 71.1 Å². The fourth-order valence-electron chi connectivity index (χ4n) is 12.5. The minimum absolute atomic E-state index is 0.00270. The maximum atomic E-state index is 12.1. The van der Waals surface area contributed by atoms with Gasteiger partial charge in [-0.2, -0.15) is 15.0 Å². The number of guanidine groups is 2. The minimum atomic E-state index is -0.475. The number of H-pyrrole nitrogens is 3. The number of hydrogen-bond donors (Lipinski definition) is 10. The molecular weight excluding hydrogens is 1770 g/mol. The topological polar surface area (TPSA) is 493 Å². The third-order valence-corrected chi connectivity index (χ3v) is 20.9. The molecular formula is C98H147N17O18S2. The van der Waals surface area contributed by atoms with Gasteiger partial charge >= 0.3 is 23.9 Å². The highest BCUT2D eigenvalue weighted by Crippen LogP contribution is 2.40. The van der Waals surface area contributed by atoms with Gasteiger partial charge in [-0.1, -0.05) is 145 Å². The first-order chi connectivity index (χ1) is 62.7. The summed E-state index contributed by atoms with van der Waals surface area (Å²) in [7, 11) is 10.0. The van der Waals surface area contributed by atoms with E-state index in [1.807, 2.05) is 87.4 Å². The molecule has 1 saturated heterocycles. The molecule has 744 valence electrons. The van der Waals surface area contributed by atoms with Gasteiger partial charge in [-0.25, -0.2) is 29.3 Å². The Bertz CT molecular complexity index is 5430. The van der Waals surface area contributed by atoms with E-state index in [9.17, 15) is 43.2 Å². The first kappa shape index (κ1) is 115. The molecule has 0 saturated carbocycles. The van der Waals surface area contributed by atoms with Gasteiger partial charge in [0.05, 0.1) is 91.0 Å². The van der Waals surface area contributed by atoms with Gasteiger partial charge in [-0.3, -0.25) is 43.7 Å². The number of anilines is 4. The van der Waals surface area contributed by atoms with Gasteiger partial charge in [0.25, 0.3) is 16.7 Å². The van der Waals surface area contributed by atoms with Crippen molar-refractivity contribution in [2.75, 3.05) is 104 Å². The Kier molecular flexibility index (Phi) is 45.5. The minimum Gasteiger partial charge on any atom is -0.497 e. The van der Waals surface area contributed by atoms with Crippen LogP contribution in [0.4, 0.5) is 39.2 Å². The Morgan fingerprint density at radius 2 is 0.941 bits per heavy atom. The van der Waals surface area contributed by atoms with Crippen molar-refractivity contribution in [3.63, 3.8) is 0 Å². The molecule has 7 heterocycles. The van der Waals surface area contributed by atoms with Crippen LogP contribution in [-0.2, 0) is 76.6 Å². The number of amides is 2. The molecule has 10 rings (SSSR count). The molecule has 0 radical (unpaired) electrons. The van der Waals surface area contributed by atoms with E-state index in [2.05, 4.69) is 168 Å². The molecule has 6 aromatic heterocycles. The lowest BCUT2D eigenvalue weighted by Crippen LogP contribution is -2.29. The van der Waals surface area contributed by atoms with Crippen LogP contribution in [-0.4, -0.2) is 171 Å². The van der Waals surface area contributed by atoms with Crippen LogP contribution >= 0.6 is 22.7 Å². The second-order valence-electron chi connectivity index (χ2n) is 40.4. The number of rotatable bonds is 25. The number of aromatic amines is 3. The summed E-state index contributed by atoms with van der Waals surface area (Å²) < 4.78 is 45.1. The summed E-state index contributed by atoms with van der Waals surface area (Å²) in [5, 5.41) is 12.8. The fourth-order valence-corrected chi connectivity index (χ4v) is 14.7. The number of methoxy groups -OCH3 is 7. The number of esters is 4. The van der Waals surface area contributed by atoms with E-state index in [4.69, 9.17) is 45.3 Å². The average molecular weight is 1920 g/mol. The van der Waals surface area contributed by atoms with E-state index in [0.717, 1.165) is 79.5 Å². The molecule has 135 heavy (non-hydrogen) atoms. The van der Waals surface area contributed by atoms with Gasteiger partial charge in [0, 0.05) is 95.4 Å². The number of thiophene rings is 2. The van der Waals surface area contributed by atoms with Crippen molar-refractivity contribution in [1.29, 1.82) is 0 Å². The number of ether oxygens (including phenoxy) is 8. The normalized spacial score (nSPS) is 12.9. The van der Waals surface area contributed by atoms with Gasteiger partial charge < -0.3 is 85.7 Å². The molecule has 0 unspecified atom stereocenters. The molecule has 2 aliphatic rings. The number of likely N-dealkylation sites (tertiary alicyclic amines) is 1. The zero-order valence-corrected chi connectivity index (χ0v) is 86.2. The lowest BCUT2D eigenvalue weighted by molar-refractivity contribution is -0.139. The molecule has 2 aromatic carbocycles. The number of aliphatic imine (C=N–C) groups is 3. The number of fused-ring (bicyclic) bond motifs is 1. The Balaban J connectivity index is 0.000000332. The molecule has 1 aliphatic carbocycles. The predicted molar refractivity (Wildman–Crippen MR) is 537 cm³/mol. The van der Waals surface area contributed by atoms with Crippen LogP contribution in [0.15, 0.2) is 113 Å². The number of aromatic nitrogens is 6. The summed E-state index contributed by atoms with van der Waals surface area (Å²) >= 11 is 2.89. The fraction of sp³-hybridized carbons (Fsp3) is 0.541. The Morgan fingerprint density at radius 3 is 1.39 bits per heavy atom. The summed E-state index contributed by atoms with van der Waals surface area (Å²) in [4.78, 5) is 142. The van der Waals surface area contributed by atoms with Crippen LogP contribution in [0.3, 0.4) is 0 Å². The molecule has 35 nitrogen and oxygen atoms in total. The summed E-state index contributed by atoms with van der Waals surface area (Å²) in [5.41, 5.74) is 21.9. The summed E-state index contributed by atoms with van der Waals surface area (Å²) in [5.74, 6) is 2.20. The van der Waals surface area contributed by atoms with Crippen molar-refractivity contribution in [2.24, 2.45) is 70.1 Å². The van der Waals surface area contributed by atoms with Crippen molar-refractivity contribution in [3.05, 3.63) is 165 Å². The quantitative estimate of drug-likeness (QED) is 0.00835. The molecule has 8 aromatic rings. The highest BCUT2D eigenvalue weighted by Gasteiger charge is 2.30. The Morgan fingerprint density at radius 1 is 0.474 bits per heavy atom. The van der Waals surface area contributed by atoms with Gasteiger partial charge in [-0.15, -0.1) is 22.7 Å². The number of furan rings is 1. The van der Waals surface area contributed by atoms with E-state index in [1.54, 1.807) is 63.8 Å². The lowest BCUT2D eigenvalue weighted by Gasteiger charge is -2.19. The zero-order chi connectivity index (χ0) is 102. The number of benzene rings is 2. The van der Waals surface area contributed by atoms with E-state index in [-0.39, 0.29) is 109 Å². The molecule has 1 aliphatic heterocycles. The second-order valence-corrected chi connectivity index (χ2v) is 42.8. The van der Waals surface area contributed by atoms with Crippen LogP contribution in [0.25, 0.3) is 0 Å². The summed E-state index contributed by atoms with van der Waals surface area (Å²) in [6.07, 6.45) is 9.75. The number of carbonyl (C=O) groups excluding carboxylic acids is 6. The zero-order valence-electron chi connectivity index (χ0n) is 84.6. The van der Waals surface area contributed by atoms with Gasteiger partial charge in [0.1, 0.15) is 38.8 Å². The van der Waals surface area contributed by atoms with Crippen molar-refractivity contribution in [1.82, 2.24) is 34.8 Å². The first-order valence-corrected chi connectivity index (χ1v) is 46.1. The second kappa shape index (κ2) is 53.3. The van der Waals surface area contributed by atoms with Crippen LogP contribution in [0, 0.1) is 44.8 Å². The van der Waals surface area contributed by atoms with Crippen molar-refractivity contribution in [3.8, 4) is 17.2 Å². The smallest absolute Gasteiger partial charge is 0.373 e. The molecule has 2 amide bonds. The number of nitrogens with one attached hydrogen (secondary N) is 7. The molecule has 0 spiro atoms. The number of carbonyl (C=O) groups is 6. The van der Waals surface area contributed by atoms with Crippen molar-refractivity contribution in [2.45, 2.75) is 229 Å². The molecule has 13 N–H and O–H groups in total. The van der Waals surface area contributed by atoms with Gasteiger partial charge in [-0.05, 0) is 152 Å². The van der Waals surface area contributed by atoms with Gasteiger partial charge in [0.15, 0.2) is 0 Å². The number of nitrogens with two attached hydrogens (primary N) is 3. The molecule has 37 heteroatoms.